The standard InChI is InChI=1S/C18H21ClFN3O3/c1-18(2,3)26-17(24)23-6-4-12(5-7-23)25-14-9-11(20)8-13-15(14)16(19)22-10-21-13/h8-10,12H,4-7H2,1-3H3. The number of nitrogens with zero attached hydrogens (tertiary/aromatic N) is 3. The van der Waals surface area contributed by atoms with Gasteiger partial charge in [0.2, 0.25) is 0 Å². The van der Waals surface area contributed by atoms with E-state index in [1.165, 1.54) is 18.5 Å². The van der Waals surface area contributed by atoms with E-state index in [2.05, 4.69) is 9.97 Å². The fraction of sp³-hybridized carbons (Fsp3) is 0.500. The molecule has 0 spiro atoms. The highest BCUT2D eigenvalue weighted by atomic mass is 35.5. The van der Waals surface area contributed by atoms with Gasteiger partial charge < -0.3 is 14.4 Å². The number of fused-ring (bicyclic) bond motifs is 1. The van der Waals surface area contributed by atoms with Gasteiger partial charge in [-0.2, -0.15) is 0 Å². The number of carbonyl (C=O) groups excluding carboxylic acids is 1. The highest BCUT2D eigenvalue weighted by Crippen LogP contribution is 2.32. The third-order valence-electron chi connectivity index (χ3n) is 4.01. The second-order valence-electron chi connectivity index (χ2n) is 7.25. The number of aromatic nitrogens is 2. The third kappa shape index (κ3) is 4.33. The molecule has 1 saturated heterocycles. The van der Waals surface area contributed by atoms with Crippen molar-refractivity contribution in [1.29, 1.82) is 0 Å². The monoisotopic (exact) mass is 381 g/mol. The van der Waals surface area contributed by atoms with E-state index in [4.69, 9.17) is 21.1 Å². The maximum atomic E-state index is 13.9. The summed E-state index contributed by atoms with van der Waals surface area (Å²) in [4.78, 5) is 21.8. The van der Waals surface area contributed by atoms with Crippen molar-refractivity contribution in [3.05, 3.63) is 29.4 Å². The number of piperidine rings is 1. The zero-order valence-corrected chi connectivity index (χ0v) is 15.7. The van der Waals surface area contributed by atoms with Gasteiger partial charge in [-0.1, -0.05) is 11.6 Å². The summed E-state index contributed by atoms with van der Waals surface area (Å²) in [6.45, 7) is 6.53. The average Bonchev–Trinajstić information content (AvgIpc) is 2.53. The molecule has 8 heteroatoms. The Labute approximate surface area is 156 Å². The van der Waals surface area contributed by atoms with Gasteiger partial charge >= 0.3 is 6.09 Å². The van der Waals surface area contributed by atoms with Crippen LogP contribution in [-0.2, 0) is 4.74 Å². The number of rotatable bonds is 2. The molecule has 3 rings (SSSR count). The Morgan fingerprint density at radius 3 is 2.62 bits per heavy atom. The molecular formula is C18H21ClFN3O3. The van der Waals surface area contributed by atoms with Crippen LogP contribution in [0.4, 0.5) is 9.18 Å². The molecule has 1 aromatic heterocycles. The SMILES string of the molecule is CC(C)(C)OC(=O)N1CCC(Oc2cc(F)cc3ncnc(Cl)c23)CC1. The lowest BCUT2D eigenvalue weighted by Crippen LogP contribution is -2.44. The molecule has 0 bridgehead atoms. The van der Waals surface area contributed by atoms with Crippen molar-refractivity contribution >= 4 is 28.6 Å². The molecule has 0 saturated carbocycles. The average molecular weight is 382 g/mol. The van der Waals surface area contributed by atoms with Gasteiger partial charge in [0.05, 0.1) is 10.9 Å². The predicted octanol–water partition coefficient (Wildman–Crippen LogP) is 4.20. The number of benzene rings is 1. The second kappa shape index (κ2) is 7.23. The van der Waals surface area contributed by atoms with Crippen LogP contribution in [0.15, 0.2) is 18.5 Å². The first kappa shape index (κ1) is 18.6. The molecule has 0 radical (unpaired) electrons. The third-order valence-corrected chi connectivity index (χ3v) is 4.29. The molecule has 1 aliphatic rings. The molecule has 1 amide bonds. The van der Waals surface area contributed by atoms with E-state index in [0.717, 1.165) is 0 Å². The molecular weight excluding hydrogens is 361 g/mol. The maximum Gasteiger partial charge on any atom is 0.410 e. The van der Waals surface area contributed by atoms with E-state index in [1.807, 2.05) is 20.8 Å². The van der Waals surface area contributed by atoms with E-state index >= 15 is 0 Å². The molecule has 1 aliphatic heterocycles. The van der Waals surface area contributed by atoms with E-state index in [9.17, 15) is 9.18 Å². The highest BCUT2D eigenvalue weighted by Gasteiger charge is 2.28. The second-order valence-corrected chi connectivity index (χ2v) is 7.61. The van der Waals surface area contributed by atoms with Crippen LogP contribution < -0.4 is 4.74 Å². The van der Waals surface area contributed by atoms with Gasteiger partial charge in [-0.05, 0) is 20.8 Å². The quantitative estimate of drug-likeness (QED) is 0.729. The van der Waals surface area contributed by atoms with Crippen molar-refractivity contribution in [3.8, 4) is 5.75 Å². The Balaban J connectivity index is 1.69. The molecule has 2 aromatic rings. The lowest BCUT2D eigenvalue weighted by molar-refractivity contribution is 0.0127. The Hall–Kier alpha value is -2.15. The maximum absolute atomic E-state index is 13.9. The molecule has 0 N–H and O–H groups in total. The van der Waals surface area contributed by atoms with Crippen molar-refractivity contribution in [2.45, 2.75) is 45.3 Å². The minimum absolute atomic E-state index is 0.157. The molecule has 6 nitrogen and oxygen atoms in total. The Kier molecular flexibility index (Phi) is 5.18. The van der Waals surface area contributed by atoms with Gasteiger partial charge in [0.1, 0.15) is 34.8 Å². The van der Waals surface area contributed by atoms with Gasteiger partial charge in [-0.3, -0.25) is 0 Å². The van der Waals surface area contributed by atoms with Crippen LogP contribution in [0, 0.1) is 5.82 Å². The van der Waals surface area contributed by atoms with Crippen LogP contribution in [-0.4, -0.2) is 45.8 Å². The summed E-state index contributed by atoms with van der Waals surface area (Å²) in [7, 11) is 0. The summed E-state index contributed by atoms with van der Waals surface area (Å²) in [6.07, 6.45) is 2.02. The first-order chi connectivity index (χ1) is 12.2. The zero-order chi connectivity index (χ0) is 18.9. The van der Waals surface area contributed by atoms with Crippen molar-refractivity contribution in [1.82, 2.24) is 14.9 Å². The van der Waals surface area contributed by atoms with E-state index in [1.54, 1.807) is 4.90 Å². The molecule has 1 aromatic carbocycles. The predicted molar refractivity (Wildman–Crippen MR) is 96.0 cm³/mol. The Morgan fingerprint density at radius 1 is 1.27 bits per heavy atom. The number of halogens is 2. The Morgan fingerprint density at radius 2 is 1.96 bits per heavy atom. The van der Waals surface area contributed by atoms with Crippen molar-refractivity contribution in [2.24, 2.45) is 0 Å². The largest absolute Gasteiger partial charge is 0.489 e. The van der Waals surface area contributed by atoms with Crippen LogP contribution in [0.1, 0.15) is 33.6 Å². The van der Waals surface area contributed by atoms with Crippen LogP contribution in [0.5, 0.6) is 5.75 Å². The van der Waals surface area contributed by atoms with Gasteiger partial charge in [-0.25, -0.2) is 19.2 Å². The molecule has 0 unspecified atom stereocenters. The van der Waals surface area contributed by atoms with Gasteiger partial charge in [0.15, 0.2) is 0 Å². The lowest BCUT2D eigenvalue weighted by atomic mass is 10.1. The minimum atomic E-state index is -0.526. The molecule has 26 heavy (non-hydrogen) atoms. The normalized spacial score (nSPS) is 16.0. The van der Waals surface area contributed by atoms with Gasteiger partial charge in [0.25, 0.3) is 0 Å². The summed E-state index contributed by atoms with van der Waals surface area (Å²) < 4.78 is 25.2. The number of ether oxygens (including phenoxy) is 2. The summed E-state index contributed by atoms with van der Waals surface area (Å²) in [6, 6.07) is 2.58. The molecule has 1 fully saturated rings. The van der Waals surface area contributed by atoms with Crippen LogP contribution >= 0.6 is 11.6 Å². The fourth-order valence-corrected chi connectivity index (χ4v) is 3.07. The highest BCUT2D eigenvalue weighted by molar-refractivity contribution is 6.34. The van der Waals surface area contributed by atoms with Crippen LogP contribution in [0.2, 0.25) is 5.15 Å². The fourth-order valence-electron chi connectivity index (χ4n) is 2.84. The first-order valence-corrected chi connectivity index (χ1v) is 8.85. The Bertz CT molecular complexity index is 817. The van der Waals surface area contributed by atoms with Crippen LogP contribution in [0.25, 0.3) is 10.9 Å². The van der Waals surface area contributed by atoms with Gasteiger partial charge in [-0.15, -0.1) is 0 Å². The summed E-state index contributed by atoms with van der Waals surface area (Å²) in [5.74, 6) is -0.130. The lowest BCUT2D eigenvalue weighted by Gasteiger charge is -2.33. The number of amides is 1. The molecule has 0 atom stereocenters. The summed E-state index contributed by atoms with van der Waals surface area (Å²) in [5, 5.41) is 0.710. The topological polar surface area (TPSA) is 64.5 Å². The van der Waals surface area contributed by atoms with E-state index in [-0.39, 0.29) is 17.4 Å². The van der Waals surface area contributed by atoms with Crippen LogP contribution in [0.3, 0.4) is 0 Å². The number of carbonyl (C=O) groups is 1. The smallest absolute Gasteiger partial charge is 0.410 e. The molecule has 140 valence electrons. The van der Waals surface area contributed by atoms with E-state index in [0.29, 0.717) is 42.6 Å². The number of hydrogen-bond acceptors (Lipinski definition) is 5. The number of hydrogen-bond donors (Lipinski definition) is 0. The summed E-state index contributed by atoms with van der Waals surface area (Å²) in [5.41, 5.74) is -0.132. The molecule has 2 heterocycles. The van der Waals surface area contributed by atoms with Gasteiger partial charge in [0, 0.05) is 38.1 Å². The number of likely N-dealkylation sites (tertiary alicyclic amines) is 1. The minimum Gasteiger partial charge on any atom is -0.489 e. The summed E-state index contributed by atoms with van der Waals surface area (Å²) >= 11 is 6.14. The first-order valence-electron chi connectivity index (χ1n) is 8.47. The van der Waals surface area contributed by atoms with Crippen molar-refractivity contribution < 1.29 is 18.7 Å². The van der Waals surface area contributed by atoms with E-state index < -0.39 is 11.4 Å². The zero-order valence-electron chi connectivity index (χ0n) is 15.0. The van der Waals surface area contributed by atoms with Crippen molar-refractivity contribution in [2.75, 3.05) is 13.1 Å². The molecule has 0 aliphatic carbocycles. The van der Waals surface area contributed by atoms with Crippen molar-refractivity contribution in [3.63, 3.8) is 0 Å².